The highest BCUT2D eigenvalue weighted by Gasteiger charge is 2.40. The monoisotopic (exact) mass is 312 g/mol. The van der Waals surface area contributed by atoms with Crippen LogP contribution in [-0.4, -0.2) is 45.3 Å². The van der Waals surface area contributed by atoms with Crippen molar-refractivity contribution in [3.8, 4) is 0 Å². The Morgan fingerprint density at radius 2 is 1.83 bits per heavy atom. The van der Waals surface area contributed by atoms with Crippen molar-refractivity contribution in [2.75, 3.05) is 13.1 Å². The highest BCUT2D eigenvalue weighted by atomic mass is 16.2. The van der Waals surface area contributed by atoms with Crippen LogP contribution in [0.4, 0.5) is 0 Å². The SMILES string of the molecule is Cc1nc2ccc(C(=O)N3CCNC(=O)C3(C)C)cc2nc1C. The Kier molecular flexibility index (Phi) is 3.55. The normalized spacial score (nSPS) is 17.2. The number of rotatable bonds is 1. The number of piperazine rings is 1. The van der Waals surface area contributed by atoms with Crippen LogP contribution in [-0.2, 0) is 4.79 Å². The molecule has 3 rings (SSSR count). The molecule has 0 aliphatic carbocycles. The number of nitrogens with one attached hydrogen (secondary N) is 1. The summed E-state index contributed by atoms with van der Waals surface area (Å²) in [6, 6.07) is 5.30. The van der Waals surface area contributed by atoms with Gasteiger partial charge in [0.05, 0.1) is 22.4 Å². The number of nitrogens with zero attached hydrogens (tertiary/aromatic N) is 3. The van der Waals surface area contributed by atoms with Crippen molar-refractivity contribution in [2.45, 2.75) is 33.2 Å². The number of fused-ring (bicyclic) bond motifs is 1. The Bertz CT molecular complexity index is 814. The molecule has 0 saturated carbocycles. The molecule has 1 fully saturated rings. The van der Waals surface area contributed by atoms with Crippen molar-refractivity contribution >= 4 is 22.8 Å². The van der Waals surface area contributed by atoms with E-state index in [0.717, 1.165) is 16.9 Å². The molecule has 1 aromatic carbocycles. The van der Waals surface area contributed by atoms with Crippen LogP contribution in [0.2, 0.25) is 0 Å². The first-order chi connectivity index (χ1) is 10.8. The lowest BCUT2D eigenvalue weighted by Gasteiger charge is -2.41. The summed E-state index contributed by atoms with van der Waals surface area (Å²) in [4.78, 5) is 35.5. The zero-order valence-electron chi connectivity index (χ0n) is 13.8. The predicted molar refractivity (Wildman–Crippen MR) is 87.1 cm³/mol. The van der Waals surface area contributed by atoms with Gasteiger partial charge in [0, 0.05) is 18.7 Å². The number of amides is 2. The number of aryl methyl sites for hydroxylation is 2. The van der Waals surface area contributed by atoms with Gasteiger partial charge < -0.3 is 10.2 Å². The van der Waals surface area contributed by atoms with Gasteiger partial charge in [-0.05, 0) is 45.9 Å². The van der Waals surface area contributed by atoms with E-state index in [1.807, 2.05) is 13.8 Å². The van der Waals surface area contributed by atoms with Crippen LogP contribution in [0.5, 0.6) is 0 Å². The lowest BCUT2D eigenvalue weighted by Crippen LogP contribution is -2.63. The molecular formula is C17H20N4O2. The summed E-state index contributed by atoms with van der Waals surface area (Å²) in [7, 11) is 0. The van der Waals surface area contributed by atoms with Gasteiger partial charge in [0.25, 0.3) is 5.91 Å². The number of aromatic nitrogens is 2. The molecule has 2 amide bonds. The van der Waals surface area contributed by atoms with Crippen molar-refractivity contribution in [1.29, 1.82) is 0 Å². The average molecular weight is 312 g/mol. The first kappa shape index (κ1) is 15.4. The van der Waals surface area contributed by atoms with Crippen LogP contribution in [0, 0.1) is 13.8 Å². The summed E-state index contributed by atoms with van der Waals surface area (Å²) in [6.45, 7) is 8.29. The second-order valence-electron chi connectivity index (χ2n) is 6.37. The van der Waals surface area contributed by atoms with E-state index in [1.165, 1.54) is 0 Å². The van der Waals surface area contributed by atoms with E-state index in [-0.39, 0.29) is 11.8 Å². The third-order valence-electron chi connectivity index (χ3n) is 4.42. The van der Waals surface area contributed by atoms with Gasteiger partial charge in [0.15, 0.2) is 0 Å². The summed E-state index contributed by atoms with van der Waals surface area (Å²) in [5.41, 5.74) is 2.85. The van der Waals surface area contributed by atoms with Gasteiger partial charge in [-0.15, -0.1) is 0 Å². The van der Waals surface area contributed by atoms with Gasteiger partial charge in [-0.1, -0.05) is 0 Å². The van der Waals surface area contributed by atoms with Crippen LogP contribution in [0.3, 0.4) is 0 Å². The van der Waals surface area contributed by atoms with Gasteiger partial charge in [-0.2, -0.15) is 0 Å². The van der Waals surface area contributed by atoms with E-state index >= 15 is 0 Å². The van der Waals surface area contributed by atoms with E-state index in [2.05, 4.69) is 15.3 Å². The van der Waals surface area contributed by atoms with Gasteiger partial charge in [-0.25, -0.2) is 9.97 Å². The van der Waals surface area contributed by atoms with Crippen molar-refractivity contribution < 1.29 is 9.59 Å². The molecular weight excluding hydrogens is 292 g/mol. The molecule has 1 aliphatic heterocycles. The lowest BCUT2D eigenvalue weighted by molar-refractivity contribution is -0.133. The zero-order valence-corrected chi connectivity index (χ0v) is 13.8. The molecule has 0 unspecified atom stereocenters. The average Bonchev–Trinajstić information content (AvgIpc) is 2.50. The number of carbonyl (C=O) groups is 2. The molecule has 0 spiro atoms. The topological polar surface area (TPSA) is 75.2 Å². The third-order valence-corrected chi connectivity index (χ3v) is 4.42. The minimum Gasteiger partial charge on any atom is -0.352 e. The van der Waals surface area contributed by atoms with Gasteiger partial charge >= 0.3 is 0 Å². The van der Waals surface area contributed by atoms with E-state index < -0.39 is 5.54 Å². The maximum atomic E-state index is 12.9. The summed E-state index contributed by atoms with van der Waals surface area (Å²) in [6.07, 6.45) is 0. The second kappa shape index (κ2) is 5.30. The van der Waals surface area contributed by atoms with Gasteiger partial charge in [-0.3, -0.25) is 9.59 Å². The quantitative estimate of drug-likeness (QED) is 0.868. The van der Waals surface area contributed by atoms with Crippen LogP contribution in [0.1, 0.15) is 35.6 Å². The van der Waals surface area contributed by atoms with Crippen LogP contribution < -0.4 is 5.32 Å². The highest BCUT2D eigenvalue weighted by Crippen LogP contribution is 2.22. The van der Waals surface area contributed by atoms with E-state index in [4.69, 9.17) is 0 Å². The highest BCUT2D eigenvalue weighted by molar-refractivity contribution is 6.01. The fourth-order valence-corrected chi connectivity index (χ4v) is 2.77. The van der Waals surface area contributed by atoms with E-state index in [1.54, 1.807) is 36.9 Å². The van der Waals surface area contributed by atoms with Crippen LogP contribution >= 0.6 is 0 Å². The molecule has 0 radical (unpaired) electrons. The first-order valence-corrected chi connectivity index (χ1v) is 7.66. The molecule has 0 bridgehead atoms. The Labute approximate surface area is 134 Å². The van der Waals surface area contributed by atoms with Crippen LogP contribution in [0.25, 0.3) is 11.0 Å². The molecule has 120 valence electrons. The molecule has 0 atom stereocenters. The molecule has 23 heavy (non-hydrogen) atoms. The predicted octanol–water partition coefficient (Wildman–Crippen LogP) is 1.60. The van der Waals surface area contributed by atoms with E-state index in [9.17, 15) is 9.59 Å². The Hall–Kier alpha value is -2.50. The summed E-state index contributed by atoms with van der Waals surface area (Å²) < 4.78 is 0. The fraction of sp³-hybridized carbons (Fsp3) is 0.412. The molecule has 1 saturated heterocycles. The molecule has 6 nitrogen and oxygen atoms in total. The lowest BCUT2D eigenvalue weighted by atomic mass is 9.97. The number of carbonyl (C=O) groups excluding carboxylic acids is 2. The maximum absolute atomic E-state index is 12.9. The van der Waals surface area contributed by atoms with E-state index in [0.29, 0.717) is 24.2 Å². The maximum Gasteiger partial charge on any atom is 0.254 e. The Balaban J connectivity index is 2.01. The number of benzene rings is 1. The van der Waals surface area contributed by atoms with Gasteiger partial charge in [0.1, 0.15) is 5.54 Å². The Morgan fingerprint density at radius 1 is 1.17 bits per heavy atom. The molecule has 1 N–H and O–H groups in total. The zero-order chi connectivity index (χ0) is 16.8. The van der Waals surface area contributed by atoms with Gasteiger partial charge in [0.2, 0.25) is 5.91 Å². The van der Waals surface area contributed by atoms with Crippen molar-refractivity contribution in [3.05, 3.63) is 35.2 Å². The summed E-state index contributed by atoms with van der Waals surface area (Å²) in [5.74, 6) is -0.295. The number of hydrogen-bond acceptors (Lipinski definition) is 4. The fourth-order valence-electron chi connectivity index (χ4n) is 2.77. The summed E-state index contributed by atoms with van der Waals surface area (Å²) in [5, 5.41) is 2.80. The molecule has 2 aromatic rings. The Morgan fingerprint density at radius 3 is 2.52 bits per heavy atom. The smallest absolute Gasteiger partial charge is 0.254 e. The number of hydrogen-bond donors (Lipinski definition) is 1. The van der Waals surface area contributed by atoms with Crippen molar-refractivity contribution in [1.82, 2.24) is 20.2 Å². The minimum absolute atomic E-state index is 0.135. The molecule has 1 aromatic heterocycles. The van der Waals surface area contributed by atoms with Crippen molar-refractivity contribution in [3.63, 3.8) is 0 Å². The molecule has 2 heterocycles. The van der Waals surface area contributed by atoms with Crippen LogP contribution in [0.15, 0.2) is 18.2 Å². The largest absolute Gasteiger partial charge is 0.352 e. The molecule has 1 aliphatic rings. The molecule has 6 heteroatoms. The standard InChI is InChI=1S/C17H20N4O2/c1-10-11(2)20-14-9-12(5-6-13(14)19-10)15(22)21-8-7-18-16(23)17(21,3)4/h5-6,9H,7-8H2,1-4H3,(H,18,23). The van der Waals surface area contributed by atoms with Crippen molar-refractivity contribution in [2.24, 2.45) is 0 Å². The second-order valence-corrected chi connectivity index (χ2v) is 6.37. The first-order valence-electron chi connectivity index (χ1n) is 7.66. The summed E-state index contributed by atoms with van der Waals surface area (Å²) >= 11 is 0. The minimum atomic E-state index is -0.862. The third kappa shape index (κ3) is 2.54.